The molecule has 0 spiro atoms. The molecule has 0 saturated heterocycles. The SMILES string of the molecule is CC(C)OC(=O)c1c(NC(=O)C2c3ccccc3Oc3ccccc32)sc2c1CC[C@@H](C)C2. The highest BCUT2D eigenvalue weighted by molar-refractivity contribution is 7.17. The van der Waals surface area contributed by atoms with Gasteiger partial charge < -0.3 is 14.8 Å². The standard InChI is InChI=1S/C27H27NO4S/c1-15(2)31-27(30)24-19-13-12-16(3)14-22(19)33-26(24)28-25(29)23-17-8-4-6-10-20(17)32-21-11-7-5-9-18(21)23/h4-11,15-16,23H,12-14H2,1-3H3,(H,28,29)/t16-/m1/s1. The van der Waals surface area contributed by atoms with E-state index in [0.29, 0.717) is 28.0 Å². The molecular formula is C27H27NO4S. The Morgan fingerprint density at radius 3 is 2.33 bits per heavy atom. The van der Waals surface area contributed by atoms with Crippen molar-refractivity contribution in [2.75, 3.05) is 5.32 Å². The van der Waals surface area contributed by atoms with E-state index >= 15 is 0 Å². The van der Waals surface area contributed by atoms with Crippen LogP contribution >= 0.6 is 11.3 Å². The van der Waals surface area contributed by atoms with Gasteiger partial charge in [-0.1, -0.05) is 43.3 Å². The van der Waals surface area contributed by atoms with Crippen LogP contribution in [0.15, 0.2) is 48.5 Å². The number of benzene rings is 2. The molecule has 1 aliphatic heterocycles. The summed E-state index contributed by atoms with van der Waals surface area (Å²) in [5.74, 6) is 0.842. The van der Waals surface area contributed by atoms with Crippen LogP contribution < -0.4 is 10.1 Å². The third-order valence-corrected chi connectivity index (χ3v) is 7.41. The molecule has 2 aliphatic rings. The van der Waals surface area contributed by atoms with Gasteiger partial charge in [-0.2, -0.15) is 0 Å². The van der Waals surface area contributed by atoms with Gasteiger partial charge in [0.2, 0.25) is 5.91 Å². The Balaban J connectivity index is 1.54. The normalized spacial score (nSPS) is 16.9. The van der Waals surface area contributed by atoms with E-state index in [0.717, 1.165) is 36.0 Å². The molecule has 5 rings (SSSR count). The highest BCUT2D eigenvalue weighted by atomic mass is 32.1. The summed E-state index contributed by atoms with van der Waals surface area (Å²) >= 11 is 1.51. The highest BCUT2D eigenvalue weighted by Gasteiger charge is 2.35. The van der Waals surface area contributed by atoms with Gasteiger partial charge in [0.25, 0.3) is 0 Å². The zero-order chi connectivity index (χ0) is 23.1. The number of rotatable bonds is 4. The predicted octanol–water partition coefficient (Wildman–Crippen LogP) is 6.31. The van der Waals surface area contributed by atoms with Gasteiger partial charge in [-0.3, -0.25) is 4.79 Å². The van der Waals surface area contributed by atoms with Crippen LogP contribution in [0.1, 0.15) is 65.0 Å². The molecule has 0 radical (unpaired) electrons. The molecule has 0 unspecified atom stereocenters. The van der Waals surface area contributed by atoms with E-state index < -0.39 is 5.92 Å². The summed E-state index contributed by atoms with van der Waals surface area (Å²) in [6.07, 6.45) is 2.54. The second-order valence-corrected chi connectivity index (χ2v) is 10.2. The molecule has 1 aliphatic carbocycles. The van der Waals surface area contributed by atoms with Gasteiger partial charge in [-0.05, 0) is 56.7 Å². The van der Waals surface area contributed by atoms with Crippen LogP contribution in [-0.4, -0.2) is 18.0 Å². The molecule has 2 aromatic carbocycles. The van der Waals surface area contributed by atoms with Crippen LogP contribution in [0.25, 0.3) is 0 Å². The van der Waals surface area contributed by atoms with Crippen molar-refractivity contribution in [1.82, 2.24) is 0 Å². The molecular weight excluding hydrogens is 434 g/mol. The Hall–Kier alpha value is -3.12. The first-order valence-electron chi connectivity index (χ1n) is 11.4. The van der Waals surface area contributed by atoms with Gasteiger partial charge in [0.1, 0.15) is 16.5 Å². The number of para-hydroxylation sites is 2. The molecule has 0 bridgehead atoms. The molecule has 6 heteroatoms. The Labute approximate surface area is 197 Å². The molecule has 170 valence electrons. The zero-order valence-electron chi connectivity index (χ0n) is 19.0. The Bertz CT molecular complexity index is 1180. The first kappa shape index (κ1) is 21.7. The van der Waals surface area contributed by atoms with Crippen molar-refractivity contribution in [2.24, 2.45) is 5.92 Å². The lowest BCUT2D eigenvalue weighted by molar-refractivity contribution is -0.116. The predicted molar refractivity (Wildman–Crippen MR) is 129 cm³/mol. The summed E-state index contributed by atoms with van der Waals surface area (Å²) in [6, 6.07) is 15.2. The van der Waals surface area contributed by atoms with E-state index in [4.69, 9.17) is 9.47 Å². The largest absolute Gasteiger partial charge is 0.459 e. The average Bonchev–Trinajstić information content (AvgIpc) is 3.13. The fraction of sp³-hybridized carbons (Fsp3) is 0.333. The molecule has 3 aromatic rings. The summed E-state index contributed by atoms with van der Waals surface area (Å²) < 4.78 is 11.6. The third-order valence-electron chi connectivity index (χ3n) is 6.24. The highest BCUT2D eigenvalue weighted by Crippen LogP contribution is 2.46. The average molecular weight is 462 g/mol. The minimum atomic E-state index is -0.529. The number of carbonyl (C=O) groups is 2. The number of hydrogen-bond acceptors (Lipinski definition) is 5. The smallest absolute Gasteiger partial charge is 0.341 e. The van der Waals surface area contributed by atoms with Crippen LogP contribution in [0.5, 0.6) is 11.5 Å². The van der Waals surface area contributed by atoms with E-state index in [1.54, 1.807) is 0 Å². The van der Waals surface area contributed by atoms with Gasteiger partial charge in [-0.25, -0.2) is 4.79 Å². The monoisotopic (exact) mass is 461 g/mol. The van der Waals surface area contributed by atoms with Crippen molar-refractivity contribution in [3.05, 3.63) is 75.7 Å². The van der Waals surface area contributed by atoms with Gasteiger partial charge in [0.15, 0.2) is 0 Å². The summed E-state index contributed by atoms with van der Waals surface area (Å²) in [5, 5.41) is 3.70. The van der Waals surface area contributed by atoms with Crippen molar-refractivity contribution in [2.45, 2.75) is 52.1 Å². The van der Waals surface area contributed by atoms with Crippen LogP contribution in [0.3, 0.4) is 0 Å². The van der Waals surface area contributed by atoms with Crippen molar-refractivity contribution >= 4 is 28.2 Å². The number of ether oxygens (including phenoxy) is 2. The van der Waals surface area contributed by atoms with Crippen molar-refractivity contribution in [3.63, 3.8) is 0 Å². The molecule has 33 heavy (non-hydrogen) atoms. The lowest BCUT2D eigenvalue weighted by Crippen LogP contribution is -2.26. The fourth-order valence-electron chi connectivity index (χ4n) is 4.70. The third kappa shape index (κ3) is 4.04. The number of carbonyl (C=O) groups excluding carboxylic acids is 2. The second kappa shape index (κ2) is 8.67. The number of hydrogen-bond donors (Lipinski definition) is 1. The maximum atomic E-state index is 13.8. The van der Waals surface area contributed by atoms with Crippen LogP contribution in [0.4, 0.5) is 5.00 Å². The molecule has 2 heterocycles. The summed E-state index contributed by atoms with van der Waals surface area (Å²) in [6.45, 7) is 5.91. The molecule has 5 nitrogen and oxygen atoms in total. The topological polar surface area (TPSA) is 64.6 Å². The van der Waals surface area contributed by atoms with Crippen LogP contribution in [-0.2, 0) is 22.4 Å². The maximum absolute atomic E-state index is 13.8. The molecule has 1 atom stereocenters. The van der Waals surface area contributed by atoms with E-state index in [1.165, 1.54) is 16.2 Å². The Morgan fingerprint density at radius 2 is 1.70 bits per heavy atom. The molecule has 0 fully saturated rings. The maximum Gasteiger partial charge on any atom is 0.341 e. The zero-order valence-corrected chi connectivity index (χ0v) is 19.8. The lowest BCUT2D eigenvalue weighted by Gasteiger charge is -2.27. The first-order chi connectivity index (χ1) is 15.9. The summed E-state index contributed by atoms with van der Waals surface area (Å²) in [4.78, 5) is 28.0. The summed E-state index contributed by atoms with van der Waals surface area (Å²) in [5.41, 5.74) is 3.19. The number of thiophene rings is 1. The quantitative estimate of drug-likeness (QED) is 0.462. The van der Waals surface area contributed by atoms with Gasteiger partial charge in [0, 0.05) is 16.0 Å². The molecule has 0 saturated carbocycles. The van der Waals surface area contributed by atoms with E-state index in [2.05, 4.69) is 12.2 Å². The van der Waals surface area contributed by atoms with E-state index in [1.807, 2.05) is 62.4 Å². The number of amides is 1. The van der Waals surface area contributed by atoms with Crippen LogP contribution in [0.2, 0.25) is 0 Å². The van der Waals surface area contributed by atoms with Crippen LogP contribution in [0, 0.1) is 5.92 Å². The second-order valence-electron chi connectivity index (χ2n) is 9.11. The number of nitrogens with one attached hydrogen (secondary N) is 1. The first-order valence-corrected chi connectivity index (χ1v) is 12.3. The molecule has 1 N–H and O–H groups in total. The lowest BCUT2D eigenvalue weighted by atomic mass is 9.87. The van der Waals surface area contributed by atoms with Crippen molar-refractivity contribution < 1.29 is 19.1 Å². The minimum Gasteiger partial charge on any atom is -0.459 e. The van der Waals surface area contributed by atoms with E-state index in [9.17, 15) is 9.59 Å². The summed E-state index contributed by atoms with van der Waals surface area (Å²) in [7, 11) is 0. The molecule has 1 aromatic heterocycles. The minimum absolute atomic E-state index is 0.177. The van der Waals surface area contributed by atoms with E-state index in [-0.39, 0.29) is 18.0 Å². The number of esters is 1. The van der Waals surface area contributed by atoms with Crippen molar-refractivity contribution in [3.8, 4) is 11.5 Å². The van der Waals surface area contributed by atoms with Gasteiger partial charge in [-0.15, -0.1) is 11.3 Å². The Morgan fingerprint density at radius 1 is 1.06 bits per heavy atom. The number of fused-ring (bicyclic) bond motifs is 3. The number of anilines is 1. The molecule has 1 amide bonds. The van der Waals surface area contributed by atoms with Gasteiger partial charge >= 0.3 is 5.97 Å². The Kier molecular flexibility index (Phi) is 5.71. The fourth-order valence-corrected chi connectivity index (χ4v) is 6.11. The van der Waals surface area contributed by atoms with Gasteiger partial charge in [0.05, 0.1) is 17.6 Å². The van der Waals surface area contributed by atoms with Crippen molar-refractivity contribution in [1.29, 1.82) is 0 Å².